The van der Waals surface area contributed by atoms with Gasteiger partial charge in [0.1, 0.15) is 6.04 Å². The molecule has 0 aliphatic carbocycles. The van der Waals surface area contributed by atoms with Crippen molar-refractivity contribution in [2.75, 3.05) is 5.32 Å². The monoisotopic (exact) mass is 369 g/mol. The molecular formula is C15H17BrClN3O. The molecule has 0 aliphatic heterocycles. The molecule has 1 aromatic heterocycles. The maximum absolute atomic E-state index is 12.4. The van der Waals surface area contributed by atoms with Crippen molar-refractivity contribution in [1.29, 1.82) is 0 Å². The van der Waals surface area contributed by atoms with Gasteiger partial charge in [-0.2, -0.15) is 5.10 Å². The van der Waals surface area contributed by atoms with Crippen LogP contribution in [0.25, 0.3) is 0 Å². The minimum Gasteiger partial charge on any atom is -0.324 e. The van der Waals surface area contributed by atoms with Crippen LogP contribution in [-0.2, 0) is 4.79 Å². The summed E-state index contributed by atoms with van der Waals surface area (Å²) in [5.74, 6) is -0.126. The number of anilines is 1. The molecule has 6 heteroatoms. The Labute approximate surface area is 137 Å². The van der Waals surface area contributed by atoms with E-state index in [0.29, 0.717) is 5.02 Å². The highest BCUT2D eigenvalue weighted by Crippen LogP contribution is 2.25. The van der Waals surface area contributed by atoms with Crippen molar-refractivity contribution >= 4 is 39.1 Å². The lowest BCUT2D eigenvalue weighted by Crippen LogP contribution is -2.25. The van der Waals surface area contributed by atoms with E-state index in [-0.39, 0.29) is 5.91 Å². The molecule has 2 aromatic rings. The van der Waals surface area contributed by atoms with Gasteiger partial charge in [-0.1, -0.05) is 17.7 Å². The van der Waals surface area contributed by atoms with Crippen molar-refractivity contribution in [2.45, 2.75) is 33.7 Å². The summed E-state index contributed by atoms with van der Waals surface area (Å²) in [6.45, 7) is 7.58. The van der Waals surface area contributed by atoms with Gasteiger partial charge in [0.25, 0.3) is 0 Å². The molecule has 112 valence electrons. The molecule has 21 heavy (non-hydrogen) atoms. The predicted octanol–water partition coefficient (Wildman–Crippen LogP) is 4.42. The molecule has 2 rings (SSSR count). The normalized spacial score (nSPS) is 12.3. The van der Waals surface area contributed by atoms with Crippen LogP contribution >= 0.6 is 27.5 Å². The first kappa shape index (κ1) is 16.0. The number of carbonyl (C=O) groups excluding carboxylic acids is 1. The standard InChI is InChI=1S/C15H17BrClN3O/c1-8-5-6-12(17)7-13(8)18-15(21)11(4)20-10(3)14(16)9(2)19-20/h5-7,11H,1-4H3,(H,18,21). The molecule has 0 spiro atoms. The summed E-state index contributed by atoms with van der Waals surface area (Å²) in [7, 11) is 0. The second-order valence-electron chi connectivity index (χ2n) is 5.05. The number of carbonyl (C=O) groups is 1. The molecule has 1 heterocycles. The minimum atomic E-state index is -0.409. The Morgan fingerprint density at radius 1 is 1.38 bits per heavy atom. The average molecular weight is 371 g/mol. The smallest absolute Gasteiger partial charge is 0.248 e. The Kier molecular flexibility index (Phi) is 4.74. The van der Waals surface area contributed by atoms with Crippen molar-refractivity contribution in [3.05, 3.63) is 44.6 Å². The van der Waals surface area contributed by atoms with Gasteiger partial charge in [0, 0.05) is 10.7 Å². The molecule has 1 amide bonds. The number of aryl methyl sites for hydroxylation is 2. The number of amides is 1. The quantitative estimate of drug-likeness (QED) is 0.869. The summed E-state index contributed by atoms with van der Waals surface area (Å²) in [5.41, 5.74) is 3.48. The van der Waals surface area contributed by atoms with Gasteiger partial charge < -0.3 is 5.32 Å². The Bertz CT molecular complexity index is 696. The molecule has 1 aromatic carbocycles. The van der Waals surface area contributed by atoms with Crippen molar-refractivity contribution in [2.24, 2.45) is 0 Å². The van der Waals surface area contributed by atoms with Gasteiger partial charge in [0.05, 0.1) is 15.9 Å². The number of halogens is 2. The van der Waals surface area contributed by atoms with Crippen molar-refractivity contribution in [3.63, 3.8) is 0 Å². The third kappa shape index (κ3) is 3.30. The highest BCUT2D eigenvalue weighted by atomic mass is 79.9. The summed E-state index contributed by atoms with van der Waals surface area (Å²) in [6.07, 6.45) is 0. The first-order valence-electron chi connectivity index (χ1n) is 6.59. The molecular weight excluding hydrogens is 354 g/mol. The van der Waals surface area contributed by atoms with E-state index < -0.39 is 6.04 Å². The van der Waals surface area contributed by atoms with Crippen LogP contribution in [0.5, 0.6) is 0 Å². The average Bonchev–Trinajstić information content (AvgIpc) is 2.69. The molecule has 0 saturated carbocycles. The van der Waals surface area contributed by atoms with E-state index in [2.05, 4.69) is 26.3 Å². The van der Waals surface area contributed by atoms with Crippen LogP contribution in [0.4, 0.5) is 5.69 Å². The van der Waals surface area contributed by atoms with Crippen LogP contribution in [-0.4, -0.2) is 15.7 Å². The van der Waals surface area contributed by atoms with Crippen LogP contribution < -0.4 is 5.32 Å². The second-order valence-corrected chi connectivity index (χ2v) is 6.28. The number of aromatic nitrogens is 2. The largest absolute Gasteiger partial charge is 0.324 e. The van der Waals surface area contributed by atoms with Gasteiger partial charge in [-0.15, -0.1) is 0 Å². The van der Waals surface area contributed by atoms with Gasteiger partial charge in [0.15, 0.2) is 0 Å². The topological polar surface area (TPSA) is 46.9 Å². The third-order valence-electron chi connectivity index (χ3n) is 3.44. The van der Waals surface area contributed by atoms with Crippen LogP contribution in [0.1, 0.15) is 29.9 Å². The van der Waals surface area contributed by atoms with Gasteiger partial charge in [-0.05, 0) is 61.3 Å². The number of benzene rings is 1. The van der Waals surface area contributed by atoms with Crippen molar-refractivity contribution in [1.82, 2.24) is 9.78 Å². The van der Waals surface area contributed by atoms with E-state index in [0.717, 1.165) is 27.1 Å². The first-order valence-corrected chi connectivity index (χ1v) is 7.76. The molecule has 0 fully saturated rings. The highest BCUT2D eigenvalue weighted by molar-refractivity contribution is 9.10. The molecule has 0 saturated heterocycles. The fourth-order valence-electron chi connectivity index (χ4n) is 2.10. The van der Waals surface area contributed by atoms with Crippen molar-refractivity contribution < 1.29 is 4.79 Å². The number of hydrogen-bond donors (Lipinski definition) is 1. The zero-order valence-corrected chi connectivity index (χ0v) is 14.7. The minimum absolute atomic E-state index is 0.126. The lowest BCUT2D eigenvalue weighted by molar-refractivity contribution is -0.119. The second kappa shape index (κ2) is 6.20. The summed E-state index contributed by atoms with van der Waals surface area (Å²) in [6, 6.07) is 5.02. The summed E-state index contributed by atoms with van der Waals surface area (Å²) in [4.78, 5) is 12.4. The number of rotatable bonds is 3. The molecule has 0 aliphatic rings. The van der Waals surface area contributed by atoms with Gasteiger partial charge in [-0.25, -0.2) is 0 Å². The fraction of sp³-hybridized carbons (Fsp3) is 0.333. The molecule has 1 unspecified atom stereocenters. The zero-order valence-electron chi connectivity index (χ0n) is 12.4. The maximum atomic E-state index is 12.4. The predicted molar refractivity (Wildman–Crippen MR) is 88.9 cm³/mol. The van der Waals surface area contributed by atoms with Crippen molar-refractivity contribution in [3.8, 4) is 0 Å². The molecule has 4 nitrogen and oxygen atoms in total. The summed E-state index contributed by atoms with van der Waals surface area (Å²) < 4.78 is 2.65. The van der Waals surface area contributed by atoms with E-state index in [1.54, 1.807) is 16.8 Å². The SMILES string of the molecule is Cc1ccc(Cl)cc1NC(=O)C(C)n1nc(C)c(Br)c1C. The number of hydrogen-bond acceptors (Lipinski definition) is 2. The first-order chi connectivity index (χ1) is 9.81. The Morgan fingerprint density at radius 3 is 2.62 bits per heavy atom. The fourth-order valence-corrected chi connectivity index (χ4v) is 2.53. The molecule has 0 radical (unpaired) electrons. The van der Waals surface area contributed by atoms with Crippen LogP contribution in [0.3, 0.4) is 0 Å². The van der Waals surface area contributed by atoms with E-state index in [4.69, 9.17) is 11.6 Å². The van der Waals surface area contributed by atoms with E-state index in [1.165, 1.54) is 0 Å². The molecule has 1 atom stereocenters. The summed E-state index contributed by atoms with van der Waals surface area (Å²) >= 11 is 9.44. The lowest BCUT2D eigenvalue weighted by atomic mass is 10.2. The molecule has 1 N–H and O–H groups in total. The van der Waals surface area contributed by atoms with E-state index >= 15 is 0 Å². The van der Waals surface area contributed by atoms with Crippen LogP contribution in [0, 0.1) is 20.8 Å². The van der Waals surface area contributed by atoms with Gasteiger partial charge in [0.2, 0.25) is 5.91 Å². The van der Waals surface area contributed by atoms with Gasteiger partial charge in [-0.3, -0.25) is 9.48 Å². The third-order valence-corrected chi connectivity index (χ3v) is 4.82. The van der Waals surface area contributed by atoms with Crippen LogP contribution in [0.2, 0.25) is 5.02 Å². The maximum Gasteiger partial charge on any atom is 0.248 e. The number of nitrogens with one attached hydrogen (secondary N) is 1. The zero-order chi connectivity index (χ0) is 15.7. The van der Waals surface area contributed by atoms with Gasteiger partial charge >= 0.3 is 0 Å². The van der Waals surface area contributed by atoms with E-state index in [1.807, 2.05) is 33.8 Å². The Morgan fingerprint density at radius 2 is 2.05 bits per heavy atom. The Balaban J connectivity index is 2.23. The van der Waals surface area contributed by atoms with Crippen LogP contribution in [0.15, 0.2) is 22.7 Å². The lowest BCUT2D eigenvalue weighted by Gasteiger charge is -2.16. The Hall–Kier alpha value is -1.33. The molecule has 0 bridgehead atoms. The van der Waals surface area contributed by atoms with E-state index in [9.17, 15) is 4.79 Å². The summed E-state index contributed by atoms with van der Waals surface area (Å²) in [5, 5.41) is 7.90. The highest BCUT2D eigenvalue weighted by Gasteiger charge is 2.20. The number of nitrogens with zero attached hydrogens (tertiary/aromatic N) is 2.